The van der Waals surface area contributed by atoms with E-state index in [1.165, 1.54) is 0 Å². The number of aromatic amines is 1. The molecule has 0 bridgehead atoms. The summed E-state index contributed by atoms with van der Waals surface area (Å²) in [7, 11) is 0. The molecule has 1 heterocycles. The Bertz CT molecular complexity index is 933. The van der Waals surface area contributed by atoms with Crippen LogP contribution < -0.4 is 5.32 Å². The number of fused-ring (bicyclic) bond motifs is 1. The molecule has 3 rings (SSSR count). The average molecular weight is 357 g/mol. The summed E-state index contributed by atoms with van der Waals surface area (Å²) < 4.78 is 5.05. The van der Waals surface area contributed by atoms with Crippen LogP contribution in [0.2, 0.25) is 5.02 Å². The number of hydrogen-bond donors (Lipinski definition) is 2. The summed E-state index contributed by atoms with van der Waals surface area (Å²) in [4.78, 5) is 27.0. The van der Waals surface area contributed by atoms with E-state index in [1.807, 2.05) is 31.2 Å². The molecule has 0 aliphatic rings. The van der Waals surface area contributed by atoms with Gasteiger partial charge in [0.25, 0.3) is 5.91 Å². The van der Waals surface area contributed by atoms with E-state index in [0.717, 1.165) is 22.0 Å². The van der Waals surface area contributed by atoms with Crippen LogP contribution >= 0.6 is 11.6 Å². The molecule has 1 aromatic heterocycles. The molecule has 6 heteroatoms. The average Bonchev–Trinajstić information content (AvgIpc) is 2.99. The summed E-state index contributed by atoms with van der Waals surface area (Å²) in [5.41, 5.74) is 3.28. The summed E-state index contributed by atoms with van der Waals surface area (Å²) in [6.07, 6.45) is 1.88. The smallest absolute Gasteiger partial charge is 0.310 e. The first-order valence-electron chi connectivity index (χ1n) is 7.79. The van der Waals surface area contributed by atoms with E-state index in [0.29, 0.717) is 10.7 Å². The normalized spacial score (nSPS) is 10.6. The number of H-pyrrole nitrogens is 1. The lowest BCUT2D eigenvalue weighted by molar-refractivity contribution is -0.146. The van der Waals surface area contributed by atoms with Crippen LogP contribution in [-0.2, 0) is 20.7 Å². The van der Waals surface area contributed by atoms with Crippen molar-refractivity contribution in [2.45, 2.75) is 13.3 Å². The van der Waals surface area contributed by atoms with Crippen LogP contribution in [0.1, 0.15) is 11.1 Å². The molecule has 0 atom stereocenters. The number of ether oxygens (including phenoxy) is 1. The van der Waals surface area contributed by atoms with Crippen molar-refractivity contribution in [2.75, 3.05) is 11.9 Å². The van der Waals surface area contributed by atoms with Crippen LogP contribution in [0.3, 0.4) is 0 Å². The molecule has 0 aliphatic heterocycles. The Morgan fingerprint density at radius 2 is 2.00 bits per heavy atom. The molecular formula is C19H17ClN2O3. The molecule has 1 amide bonds. The van der Waals surface area contributed by atoms with E-state index in [9.17, 15) is 9.59 Å². The lowest BCUT2D eigenvalue weighted by atomic mass is 10.1. The van der Waals surface area contributed by atoms with Gasteiger partial charge in [0, 0.05) is 27.8 Å². The Kier molecular flexibility index (Phi) is 5.05. The minimum absolute atomic E-state index is 0.105. The Balaban J connectivity index is 1.53. The SMILES string of the molecule is Cc1ccc(NC(=O)COC(=O)Cc2c[nH]c3ccccc23)cc1Cl. The quantitative estimate of drug-likeness (QED) is 0.682. The molecule has 0 spiro atoms. The minimum atomic E-state index is -0.457. The number of aryl methyl sites for hydroxylation is 1. The van der Waals surface area contributed by atoms with Crippen molar-refractivity contribution >= 4 is 40.1 Å². The first kappa shape index (κ1) is 17.0. The van der Waals surface area contributed by atoms with Gasteiger partial charge in [-0.3, -0.25) is 9.59 Å². The van der Waals surface area contributed by atoms with Crippen molar-refractivity contribution in [3.63, 3.8) is 0 Å². The van der Waals surface area contributed by atoms with Gasteiger partial charge >= 0.3 is 5.97 Å². The zero-order valence-electron chi connectivity index (χ0n) is 13.6. The number of anilines is 1. The first-order valence-corrected chi connectivity index (χ1v) is 8.17. The van der Waals surface area contributed by atoms with E-state index >= 15 is 0 Å². The Labute approximate surface area is 149 Å². The van der Waals surface area contributed by atoms with Crippen molar-refractivity contribution in [1.29, 1.82) is 0 Å². The number of nitrogens with one attached hydrogen (secondary N) is 2. The van der Waals surface area contributed by atoms with Gasteiger partial charge in [0.15, 0.2) is 6.61 Å². The lowest BCUT2D eigenvalue weighted by Gasteiger charge is -2.08. The van der Waals surface area contributed by atoms with Crippen LogP contribution in [0.15, 0.2) is 48.7 Å². The van der Waals surface area contributed by atoms with Crippen LogP contribution in [0.4, 0.5) is 5.69 Å². The minimum Gasteiger partial charge on any atom is -0.455 e. The molecule has 0 fully saturated rings. The van der Waals surface area contributed by atoms with Gasteiger partial charge in [0.05, 0.1) is 6.42 Å². The number of carbonyl (C=O) groups is 2. The number of halogens is 1. The van der Waals surface area contributed by atoms with Gasteiger partial charge in [0.2, 0.25) is 0 Å². The number of amides is 1. The Hall–Kier alpha value is -2.79. The molecule has 2 aromatic carbocycles. The number of carbonyl (C=O) groups excluding carboxylic acids is 2. The second-order valence-electron chi connectivity index (χ2n) is 5.71. The van der Waals surface area contributed by atoms with Gasteiger partial charge in [-0.2, -0.15) is 0 Å². The van der Waals surface area contributed by atoms with Crippen LogP contribution in [0.25, 0.3) is 10.9 Å². The fraction of sp³-hybridized carbons (Fsp3) is 0.158. The monoisotopic (exact) mass is 356 g/mol. The van der Waals surface area contributed by atoms with Gasteiger partial charge in [-0.1, -0.05) is 35.9 Å². The highest BCUT2D eigenvalue weighted by molar-refractivity contribution is 6.31. The topological polar surface area (TPSA) is 71.2 Å². The standard InChI is InChI=1S/C19H17ClN2O3/c1-12-6-7-14(9-16(12)20)22-18(23)11-25-19(24)8-13-10-21-17-5-3-2-4-15(13)17/h2-7,9-10,21H,8,11H2,1H3,(H,22,23). The molecule has 2 N–H and O–H groups in total. The zero-order valence-corrected chi connectivity index (χ0v) is 14.4. The maximum Gasteiger partial charge on any atom is 0.310 e. The number of esters is 1. The van der Waals surface area contributed by atoms with Gasteiger partial charge in [0.1, 0.15) is 0 Å². The maximum atomic E-state index is 12.0. The zero-order chi connectivity index (χ0) is 17.8. The molecule has 0 unspecified atom stereocenters. The predicted molar refractivity (Wildman–Crippen MR) is 97.8 cm³/mol. The number of hydrogen-bond acceptors (Lipinski definition) is 3. The van der Waals surface area contributed by atoms with Gasteiger partial charge < -0.3 is 15.0 Å². The van der Waals surface area contributed by atoms with Crippen LogP contribution in [-0.4, -0.2) is 23.5 Å². The van der Waals surface area contributed by atoms with E-state index in [2.05, 4.69) is 10.3 Å². The fourth-order valence-electron chi connectivity index (χ4n) is 2.50. The molecule has 5 nitrogen and oxygen atoms in total. The summed E-state index contributed by atoms with van der Waals surface area (Å²) in [5.74, 6) is -0.867. The largest absolute Gasteiger partial charge is 0.455 e. The first-order chi connectivity index (χ1) is 12.0. The predicted octanol–water partition coefficient (Wildman–Crippen LogP) is 3.85. The van der Waals surface area contributed by atoms with Gasteiger partial charge in [-0.15, -0.1) is 0 Å². The molecule has 25 heavy (non-hydrogen) atoms. The third kappa shape index (κ3) is 4.19. The molecular weight excluding hydrogens is 340 g/mol. The van der Waals surface area contributed by atoms with E-state index in [-0.39, 0.29) is 13.0 Å². The summed E-state index contributed by atoms with van der Waals surface area (Å²) in [6.45, 7) is 1.53. The highest BCUT2D eigenvalue weighted by Gasteiger charge is 2.12. The van der Waals surface area contributed by atoms with E-state index in [4.69, 9.17) is 16.3 Å². The highest BCUT2D eigenvalue weighted by Crippen LogP contribution is 2.20. The number of para-hydroxylation sites is 1. The summed E-state index contributed by atoms with van der Waals surface area (Å²) >= 11 is 6.01. The number of rotatable bonds is 5. The van der Waals surface area contributed by atoms with Crippen molar-refractivity contribution in [3.05, 3.63) is 64.8 Å². The molecule has 0 aliphatic carbocycles. The van der Waals surface area contributed by atoms with Crippen LogP contribution in [0.5, 0.6) is 0 Å². The summed E-state index contributed by atoms with van der Waals surface area (Å²) in [5, 5.41) is 4.18. The maximum absolute atomic E-state index is 12.0. The Morgan fingerprint density at radius 3 is 2.80 bits per heavy atom. The molecule has 0 radical (unpaired) electrons. The molecule has 0 saturated carbocycles. The van der Waals surface area contributed by atoms with Crippen molar-refractivity contribution < 1.29 is 14.3 Å². The second kappa shape index (κ2) is 7.40. The van der Waals surface area contributed by atoms with Gasteiger partial charge in [-0.05, 0) is 36.2 Å². The van der Waals surface area contributed by atoms with Crippen LogP contribution in [0, 0.1) is 6.92 Å². The molecule has 0 saturated heterocycles. The third-order valence-electron chi connectivity index (χ3n) is 3.83. The Morgan fingerprint density at radius 1 is 1.20 bits per heavy atom. The molecule has 3 aromatic rings. The third-order valence-corrected chi connectivity index (χ3v) is 4.24. The van der Waals surface area contributed by atoms with E-state index < -0.39 is 11.9 Å². The lowest BCUT2D eigenvalue weighted by Crippen LogP contribution is -2.21. The summed E-state index contributed by atoms with van der Waals surface area (Å²) in [6, 6.07) is 12.9. The fourth-order valence-corrected chi connectivity index (χ4v) is 2.68. The number of benzene rings is 2. The van der Waals surface area contributed by atoms with Gasteiger partial charge in [-0.25, -0.2) is 0 Å². The highest BCUT2D eigenvalue weighted by atomic mass is 35.5. The van der Waals surface area contributed by atoms with Crippen molar-refractivity contribution in [3.8, 4) is 0 Å². The number of aromatic nitrogens is 1. The molecule has 128 valence electrons. The van der Waals surface area contributed by atoms with Crippen molar-refractivity contribution in [1.82, 2.24) is 4.98 Å². The van der Waals surface area contributed by atoms with E-state index in [1.54, 1.807) is 24.4 Å². The second-order valence-corrected chi connectivity index (χ2v) is 6.12. The van der Waals surface area contributed by atoms with Crippen molar-refractivity contribution in [2.24, 2.45) is 0 Å².